The first-order valence-corrected chi connectivity index (χ1v) is 3.58. The standard InChI is InChI=1S/C5H2F3N3S/c6-5(7,8)3-1-2-4(12-3)10-11-9/h1-2H. The first-order valence-electron chi connectivity index (χ1n) is 2.76. The monoisotopic (exact) mass is 193 g/mol. The van der Waals surface area contributed by atoms with Crippen molar-refractivity contribution >= 4 is 16.3 Å². The molecule has 0 aromatic carbocycles. The summed E-state index contributed by atoms with van der Waals surface area (Å²) in [5.41, 5.74) is 7.92. The van der Waals surface area contributed by atoms with Gasteiger partial charge in [0.25, 0.3) is 0 Å². The Morgan fingerprint density at radius 3 is 2.50 bits per heavy atom. The highest BCUT2D eigenvalue weighted by Crippen LogP contribution is 2.37. The van der Waals surface area contributed by atoms with Crippen LogP contribution in [0.4, 0.5) is 18.2 Å². The van der Waals surface area contributed by atoms with E-state index in [1.807, 2.05) is 0 Å². The second kappa shape index (κ2) is 3.04. The lowest BCUT2D eigenvalue weighted by Gasteiger charge is -1.99. The van der Waals surface area contributed by atoms with Crippen LogP contribution < -0.4 is 0 Å². The lowest BCUT2D eigenvalue weighted by Crippen LogP contribution is -2.00. The second-order valence-electron chi connectivity index (χ2n) is 1.83. The highest BCUT2D eigenvalue weighted by molar-refractivity contribution is 7.15. The van der Waals surface area contributed by atoms with Gasteiger partial charge in [0, 0.05) is 4.91 Å². The first kappa shape index (κ1) is 8.89. The van der Waals surface area contributed by atoms with E-state index in [-0.39, 0.29) is 5.00 Å². The van der Waals surface area contributed by atoms with Gasteiger partial charge in [-0.05, 0) is 17.7 Å². The van der Waals surface area contributed by atoms with Crippen molar-refractivity contribution in [2.75, 3.05) is 0 Å². The number of alkyl halides is 3. The van der Waals surface area contributed by atoms with Gasteiger partial charge in [-0.1, -0.05) is 5.11 Å². The molecule has 1 aromatic heterocycles. The van der Waals surface area contributed by atoms with Crippen molar-refractivity contribution in [2.45, 2.75) is 6.18 Å². The molecule has 7 heteroatoms. The predicted molar refractivity (Wildman–Crippen MR) is 38.1 cm³/mol. The number of azide groups is 1. The molecule has 0 amide bonds. The number of nitrogens with zero attached hydrogens (tertiary/aromatic N) is 3. The Labute approximate surface area is 69.1 Å². The smallest absolute Gasteiger partial charge is 0.165 e. The minimum absolute atomic E-state index is 0.0184. The Balaban J connectivity index is 2.99. The molecule has 12 heavy (non-hydrogen) atoms. The minimum atomic E-state index is -4.35. The van der Waals surface area contributed by atoms with Gasteiger partial charge in [-0.2, -0.15) is 13.2 Å². The van der Waals surface area contributed by atoms with Crippen molar-refractivity contribution in [3.63, 3.8) is 0 Å². The lowest BCUT2D eigenvalue weighted by molar-refractivity contribution is -0.134. The van der Waals surface area contributed by atoms with Crippen LogP contribution in [0.2, 0.25) is 0 Å². The zero-order chi connectivity index (χ0) is 9.19. The average molecular weight is 193 g/mol. The van der Waals surface area contributed by atoms with Crippen molar-refractivity contribution < 1.29 is 13.2 Å². The Hall–Kier alpha value is -1.20. The van der Waals surface area contributed by atoms with Gasteiger partial charge >= 0.3 is 6.18 Å². The first-order chi connectivity index (χ1) is 5.54. The summed E-state index contributed by atoms with van der Waals surface area (Å²) < 4.78 is 35.8. The van der Waals surface area contributed by atoms with Gasteiger partial charge in [-0.15, -0.1) is 11.3 Å². The van der Waals surface area contributed by atoms with Crippen LogP contribution in [0.3, 0.4) is 0 Å². The molecule has 0 bridgehead atoms. The quantitative estimate of drug-likeness (QED) is 0.371. The molecule has 0 fully saturated rings. The zero-order valence-corrected chi connectivity index (χ0v) is 6.35. The molecule has 0 atom stereocenters. The molecule has 0 radical (unpaired) electrons. The van der Waals surface area contributed by atoms with Crippen molar-refractivity contribution in [1.29, 1.82) is 0 Å². The summed E-state index contributed by atoms with van der Waals surface area (Å²) >= 11 is 0.419. The summed E-state index contributed by atoms with van der Waals surface area (Å²) in [4.78, 5) is 1.61. The molecular formula is C5H2F3N3S. The maximum Gasteiger partial charge on any atom is 0.425 e. The predicted octanol–water partition coefficient (Wildman–Crippen LogP) is 3.71. The number of thiophene rings is 1. The van der Waals surface area contributed by atoms with Crippen LogP contribution in [0.1, 0.15) is 4.88 Å². The van der Waals surface area contributed by atoms with Gasteiger partial charge in [0.15, 0.2) is 0 Å². The van der Waals surface area contributed by atoms with Crippen molar-refractivity contribution in [3.8, 4) is 0 Å². The fourth-order valence-electron chi connectivity index (χ4n) is 0.578. The summed E-state index contributed by atoms with van der Waals surface area (Å²) in [5, 5.41) is 3.06. The van der Waals surface area contributed by atoms with Gasteiger partial charge in [-0.3, -0.25) is 0 Å². The summed E-state index contributed by atoms with van der Waals surface area (Å²) in [7, 11) is 0. The van der Waals surface area contributed by atoms with Gasteiger partial charge in [0.1, 0.15) is 4.88 Å². The number of hydrogen-bond acceptors (Lipinski definition) is 2. The second-order valence-corrected chi connectivity index (χ2v) is 2.89. The van der Waals surface area contributed by atoms with Crippen molar-refractivity contribution in [2.24, 2.45) is 5.11 Å². The summed E-state index contributed by atoms with van der Waals surface area (Å²) in [6.07, 6.45) is -4.35. The highest BCUT2D eigenvalue weighted by atomic mass is 32.1. The summed E-state index contributed by atoms with van der Waals surface area (Å²) in [5.74, 6) is 0. The molecule has 64 valence electrons. The van der Waals surface area contributed by atoms with E-state index in [2.05, 4.69) is 10.0 Å². The van der Waals surface area contributed by atoms with Crippen LogP contribution in [0.25, 0.3) is 10.4 Å². The molecule has 0 unspecified atom stereocenters. The molecule has 0 N–H and O–H groups in total. The Morgan fingerprint density at radius 1 is 1.42 bits per heavy atom. The molecule has 1 rings (SSSR count). The molecule has 0 saturated heterocycles. The van der Waals surface area contributed by atoms with Crippen LogP contribution >= 0.6 is 11.3 Å². The fourth-order valence-corrected chi connectivity index (χ4v) is 1.27. The van der Waals surface area contributed by atoms with Gasteiger partial charge < -0.3 is 0 Å². The fraction of sp³-hybridized carbons (Fsp3) is 0.200. The van der Waals surface area contributed by atoms with E-state index >= 15 is 0 Å². The van der Waals surface area contributed by atoms with Gasteiger partial charge in [-0.25, -0.2) is 0 Å². The molecule has 0 aliphatic heterocycles. The van der Waals surface area contributed by atoms with Crippen LogP contribution in [0, 0.1) is 0 Å². The van der Waals surface area contributed by atoms with Crippen LogP contribution in [0.5, 0.6) is 0 Å². The van der Waals surface area contributed by atoms with E-state index < -0.39 is 11.1 Å². The average Bonchev–Trinajstić information content (AvgIpc) is 2.35. The van der Waals surface area contributed by atoms with Crippen LogP contribution in [-0.4, -0.2) is 0 Å². The largest absolute Gasteiger partial charge is 0.425 e. The Morgan fingerprint density at radius 2 is 2.08 bits per heavy atom. The maximum absolute atomic E-state index is 11.9. The summed E-state index contributed by atoms with van der Waals surface area (Å²) in [6, 6.07) is 2.02. The van der Waals surface area contributed by atoms with E-state index in [1.54, 1.807) is 0 Å². The summed E-state index contributed by atoms with van der Waals surface area (Å²) in [6.45, 7) is 0. The molecule has 1 heterocycles. The highest BCUT2D eigenvalue weighted by Gasteiger charge is 2.32. The number of halogens is 3. The third kappa shape index (κ3) is 1.90. The number of rotatable bonds is 1. The lowest BCUT2D eigenvalue weighted by atomic mass is 10.5. The topological polar surface area (TPSA) is 48.8 Å². The Kier molecular flexibility index (Phi) is 2.25. The third-order valence-corrected chi connectivity index (χ3v) is 2.03. The molecule has 0 spiro atoms. The van der Waals surface area contributed by atoms with Crippen molar-refractivity contribution in [1.82, 2.24) is 0 Å². The molecular weight excluding hydrogens is 191 g/mol. The van der Waals surface area contributed by atoms with Crippen molar-refractivity contribution in [3.05, 3.63) is 27.5 Å². The maximum atomic E-state index is 11.9. The molecule has 0 aliphatic rings. The van der Waals surface area contributed by atoms with E-state index in [0.29, 0.717) is 11.3 Å². The third-order valence-electron chi connectivity index (χ3n) is 1.01. The molecule has 0 saturated carbocycles. The molecule has 1 aromatic rings. The van der Waals surface area contributed by atoms with Crippen LogP contribution in [0.15, 0.2) is 17.2 Å². The van der Waals surface area contributed by atoms with E-state index in [9.17, 15) is 13.2 Å². The van der Waals surface area contributed by atoms with Gasteiger partial charge in [0.2, 0.25) is 0 Å². The van der Waals surface area contributed by atoms with E-state index in [4.69, 9.17) is 5.53 Å². The zero-order valence-electron chi connectivity index (χ0n) is 5.54. The molecule has 3 nitrogen and oxygen atoms in total. The van der Waals surface area contributed by atoms with Crippen LogP contribution in [-0.2, 0) is 6.18 Å². The normalized spacial score (nSPS) is 10.9. The number of hydrogen-bond donors (Lipinski definition) is 0. The minimum Gasteiger partial charge on any atom is -0.165 e. The van der Waals surface area contributed by atoms with E-state index in [1.165, 1.54) is 0 Å². The van der Waals surface area contributed by atoms with E-state index in [0.717, 1.165) is 12.1 Å². The molecule has 0 aliphatic carbocycles. The SMILES string of the molecule is [N-]=[N+]=Nc1ccc(C(F)(F)F)s1. The Bertz CT molecular complexity index is 323. The van der Waals surface area contributed by atoms with Gasteiger partial charge in [0.05, 0.1) is 5.00 Å².